The lowest BCUT2D eigenvalue weighted by Crippen LogP contribution is -2.27. The summed E-state index contributed by atoms with van der Waals surface area (Å²) in [4.78, 5) is 31.8. The molecule has 13 heavy (non-hydrogen) atoms. The van der Waals surface area contributed by atoms with Gasteiger partial charge in [0, 0.05) is 5.92 Å². The Labute approximate surface area is 75.9 Å². The molecule has 4 nitrogen and oxygen atoms in total. The average molecular weight is 184 g/mol. The van der Waals surface area contributed by atoms with Gasteiger partial charge in [-0.15, -0.1) is 0 Å². The van der Waals surface area contributed by atoms with Crippen LogP contribution >= 0.6 is 0 Å². The van der Waals surface area contributed by atoms with Crippen LogP contribution in [0.2, 0.25) is 0 Å². The number of carboxylic acids is 1. The summed E-state index contributed by atoms with van der Waals surface area (Å²) < 4.78 is 0. The van der Waals surface area contributed by atoms with Crippen molar-refractivity contribution in [2.45, 2.75) is 25.7 Å². The van der Waals surface area contributed by atoms with E-state index in [1.54, 1.807) is 0 Å². The molecule has 1 saturated carbocycles. The van der Waals surface area contributed by atoms with Crippen molar-refractivity contribution in [1.29, 1.82) is 0 Å². The number of hydrogen-bond donors (Lipinski definition) is 1. The highest BCUT2D eigenvalue weighted by atomic mass is 16.4. The molecule has 0 heterocycles. The second-order valence-corrected chi connectivity index (χ2v) is 3.42. The largest absolute Gasteiger partial charge is 0.481 e. The highest BCUT2D eigenvalue weighted by Gasteiger charge is 2.30. The average Bonchev–Trinajstić information content (AvgIpc) is 2.17. The van der Waals surface area contributed by atoms with Crippen LogP contribution in [-0.4, -0.2) is 23.1 Å². The lowest BCUT2D eigenvalue weighted by Gasteiger charge is -2.23. The number of carbonyl (C=O) groups is 3. The van der Waals surface area contributed by atoms with Gasteiger partial charge in [0.15, 0.2) is 12.1 Å². The van der Waals surface area contributed by atoms with Crippen molar-refractivity contribution in [3.05, 3.63) is 0 Å². The van der Waals surface area contributed by atoms with E-state index in [0.29, 0.717) is 25.5 Å². The van der Waals surface area contributed by atoms with Gasteiger partial charge < -0.3 is 5.11 Å². The molecule has 0 amide bonds. The number of aldehydes is 1. The van der Waals surface area contributed by atoms with Crippen molar-refractivity contribution >= 4 is 18.0 Å². The van der Waals surface area contributed by atoms with Crippen LogP contribution in [0.15, 0.2) is 0 Å². The zero-order valence-electron chi connectivity index (χ0n) is 7.23. The van der Waals surface area contributed by atoms with E-state index in [1.807, 2.05) is 0 Å². The Kier molecular flexibility index (Phi) is 3.17. The van der Waals surface area contributed by atoms with Crippen molar-refractivity contribution in [2.75, 3.05) is 0 Å². The van der Waals surface area contributed by atoms with Gasteiger partial charge >= 0.3 is 5.97 Å². The van der Waals surface area contributed by atoms with Crippen LogP contribution in [0.5, 0.6) is 0 Å². The van der Waals surface area contributed by atoms with Crippen LogP contribution in [0.25, 0.3) is 0 Å². The zero-order valence-corrected chi connectivity index (χ0v) is 7.23. The summed E-state index contributed by atoms with van der Waals surface area (Å²) in [5.74, 6) is -2.11. The van der Waals surface area contributed by atoms with Crippen LogP contribution < -0.4 is 0 Å². The van der Waals surface area contributed by atoms with Gasteiger partial charge in [-0.1, -0.05) is 6.42 Å². The SMILES string of the molecule is O=CC(=O)C1CCCC(C(=O)O)C1. The molecular weight excluding hydrogens is 172 g/mol. The first-order chi connectivity index (χ1) is 6.15. The predicted octanol–water partition coefficient (Wildman–Crippen LogP) is 0.645. The lowest BCUT2D eigenvalue weighted by molar-refractivity contribution is -0.144. The van der Waals surface area contributed by atoms with E-state index in [0.717, 1.165) is 6.42 Å². The minimum atomic E-state index is -0.858. The van der Waals surface area contributed by atoms with Crippen LogP contribution in [0.1, 0.15) is 25.7 Å². The molecular formula is C9H12O4. The second kappa shape index (κ2) is 4.16. The fourth-order valence-electron chi connectivity index (χ4n) is 1.77. The van der Waals surface area contributed by atoms with Crippen LogP contribution in [0, 0.1) is 11.8 Å². The molecule has 1 fully saturated rings. The summed E-state index contributed by atoms with van der Waals surface area (Å²) in [5.41, 5.74) is 0. The molecule has 2 atom stereocenters. The highest BCUT2D eigenvalue weighted by Crippen LogP contribution is 2.29. The Morgan fingerprint density at radius 3 is 2.38 bits per heavy atom. The van der Waals surface area contributed by atoms with Crippen LogP contribution in [0.3, 0.4) is 0 Å². The molecule has 1 aliphatic rings. The second-order valence-electron chi connectivity index (χ2n) is 3.42. The number of rotatable bonds is 3. The number of hydrogen-bond acceptors (Lipinski definition) is 3. The maximum Gasteiger partial charge on any atom is 0.306 e. The minimum Gasteiger partial charge on any atom is -0.481 e. The van der Waals surface area contributed by atoms with E-state index in [4.69, 9.17) is 5.11 Å². The van der Waals surface area contributed by atoms with Crippen molar-refractivity contribution in [3.63, 3.8) is 0 Å². The molecule has 0 aromatic heterocycles. The summed E-state index contributed by atoms with van der Waals surface area (Å²) >= 11 is 0. The summed E-state index contributed by atoms with van der Waals surface area (Å²) in [5, 5.41) is 8.71. The smallest absolute Gasteiger partial charge is 0.306 e. The number of carbonyl (C=O) groups excluding carboxylic acids is 2. The summed E-state index contributed by atoms with van der Waals surface area (Å²) in [6.07, 6.45) is 2.63. The maximum absolute atomic E-state index is 11.0. The van der Waals surface area contributed by atoms with E-state index in [9.17, 15) is 14.4 Å². The number of ketones is 1. The van der Waals surface area contributed by atoms with E-state index in [1.165, 1.54) is 0 Å². The van der Waals surface area contributed by atoms with Gasteiger partial charge in [0.25, 0.3) is 0 Å². The quantitative estimate of drug-likeness (QED) is 0.516. The van der Waals surface area contributed by atoms with Gasteiger partial charge in [0.2, 0.25) is 0 Å². The third kappa shape index (κ3) is 2.37. The molecule has 0 aliphatic heterocycles. The lowest BCUT2D eigenvalue weighted by atomic mass is 9.80. The Balaban J connectivity index is 2.56. The molecule has 0 spiro atoms. The first-order valence-electron chi connectivity index (χ1n) is 4.37. The number of Topliss-reactive ketones (excluding diaryl/α,β-unsaturated/α-hetero) is 1. The van der Waals surface area contributed by atoms with Crippen molar-refractivity contribution < 1.29 is 19.5 Å². The first-order valence-corrected chi connectivity index (χ1v) is 4.37. The van der Waals surface area contributed by atoms with Gasteiger partial charge in [-0.3, -0.25) is 14.4 Å². The molecule has 1 N–H and O–H groups in total. The molecule has 0 saturated heterocycles. The highest BCUT2D eigenvalue weighted by molar-refractivity contribution is 6.26. The Hall–Kier alpha value is -1.19. The van der Waals surface area contributed by atoms with Gasteiger partial charge in [-0.05, 0) is 19.3 Å². The fraction of sp³-hybridized carbons (Fsp3) is 0.667. The van der Waals surface area contributed by atoms with E-state index in [-0.39, 0.29) is 5.92 Å². The minimum absolute atomic E-state index is 0.300. The van der Waals surface area contributed by atoms with Gasteiger partial charge in [0.05, 0.1) is 5.92 Å². The third-order valence-corrected chi connectivity index (χ3v) is 2.54. The van der Waals surface area contributed by atoms with E-state index in [2.05, 4.69) is 0 Å². The molecule has 4 heteroatoms. The van der Waals surface area contributed by atoms with Crippen LogP contribution in [0.4, 0.5) is 0 Å². The molecule has 0 aromatic carbocycles. The summed E-state index contributed by atoms with van der Waals surface area (Å²) in [6.45, 7) is 0. The standard InChI is InChI=1S/C9H12O4/c10-5-8(11)6-2-1-3-7(4-6)9(12)13/h5-7H,1-4H2,(H,12,13). The Morgan fingerprint density at radius 2 is 1.85 bits per heavy atom. The van der Waals surface area contributed by atoms with Crippen LogP contribution in [-0.2, 0) is 14.4 Å². The van der Waals surface area contributed by atoms with Gasteiger partial charge in [0.1, 0.15) is 0 Å². The number of aliphatic carboxylic acids is 1. The molecule has 0 bridgehead atoms. The molecule has 2 unspecified atom stereocenters. The summed E-state index contributed by atoms with van der Waals surface area (Å²) in [7, 11) is 0. The molecule has 1 aliphatic carbocycles. The Morgan fingerprint density at radius 1 is 1.23 bits per heavy atom. The normalized spacial score (nSPS) is 28.0. The zero-order chi connectivity index (χ0) is 9.84. The molecule has 1 rings (SSSR count). The van der Waals surface area contributed by atoms with Gasteiger partial charge in [-0.25, -0.2) is 0 Å². The molecule has 0 aromatic rings. The van der Waals surface area contributed by atoms with E-state index < -0.39 is 17.7 Å². The topological polar surface area (TPSA) is 71.4 Å². The number of carboxylic acid groups (broad SMARTS) is 1. The fourth-order valence-corrected chi connectivity index (χ4v) is 1.77. The molecule has 72 valence electrons. The first kappa shape index (κ1) is 9.89. The predicted molar refractivity (Wildman–Crippen MR) is 44.2 cm³/mol. The van der Waals surface area contributed by atoms with Crippen molar-refractivity contribution in [1.82, 2.24) is 0 Å². The summed E-state index contributed by atoms with van der Waals surface area (Å²) in [6, 6.07) is 0. The van der Waals surface area contributed by atoms with Crippen molar-refractivity contribution in [3.8, 4) is 0 Å². The monoisotopic (exact) mass is 184 g/mol. The van der Waals surface area contributed by atoms with E-state index >= 15 is 0 Å². The Bertz CT molecular complexity index is 234. The van der Waals surface area contributed by atoms with Crippen molar-refractivity contribution in [2.24, 2.45) is 11.8 Å². The third-order valence-electron chi connectivity index (χ3n) is 2.54. The maximum atomic E-state index is 11.0. The molecule has 0 radical (unpaired) electrons. The van der Waals surface area contributed by atoms with Gasteiger partial charge in [-0.2, -0.15) is 0 Å².